The molecule has 0 saturated heterocycles. The zero-order valence-corrected chi connectivity index (χ0v) is 13.3. The Bertz CT molecular complexity index is 965. The highest BCUT2D eigenvalue weighted by Crippen LogP contribution is 2.44. The fraction of sp³-hybridized carbons (Fsp3) is 0.158. The van der Waals surface area contributed by atoms with E-state index in [1.807, 2.05) is 48.5 Å². The average Bonchev–Trinajstić information content (AvgIpc) is 3.27. The highest BCUT2D eigenvalue weighted by atomic mass is 16.7. The van der Waals surface area contributed by atoms with Gasteiger partial charge >= 0.3 is 0 Å². The summed E-state index contributed by atoms with van der Waals surface area (Å²) in [6.45, 7) is 0.232. The van der Waals surface area contributed by atoms with Crippen molar-refractivity contribution in [3.63, 3.8) is 0 Å². The molecule has 5 rings (SSSR count). The summed E-state index contributed by atoms with van der Waals surface area (Å²) in [5.41, 5.74) is 3.99. The van der Waals surface area contributed by atoms with Crippen LogP contribution in [-0.2, 0) is 4.79 Å². The predicted octanol–water partition coefficient (Wildman–Crippen LogP) is 3.28. The lowest BCUT2D eigenvalue weighted by Gasteiger charge is -2.23. The van der Waals surface area contributed by atoms with Crippen LogP contribution in [0.2, 0.25) is 0 Å². The highest BCUT2D eigenvalue weighted by molar-refractivity contribution is 5.96. The molecule has 0 aliphatic carbocycles. The van der Waals surface area contributed by atoms with E-state index in [9.17, 15) is 4.79 Å². The summed E-state index contributed by atoms with van der Waals surface area (Å²) in [7, 11) is 0. The van der Waals surface area contributed by atoms with E-state index < -0.39 is 0 Å². The van der Waals surface area contributed by atoms with Gasteiger partial charge in [-0.1, -0.05) is 36.4 Å². The number of benzene rings is 2. The third-order valence-corrected chi connectivity index (χ3v) is 4.66. The second kappa shape index (κ2) is 5.37. The van der Waals surface area contributed by atoms with Crippen LogP contribution in [0.3, 0.4) is 0 Å². The molecule has 0 fully saturated rings. The van der Waals surface area contributed by atoms with Crippen LogP contribution >= 0.6 is 0 Å². The summed E-state index contributed by atoms with van der Waals surface area (Å²) in [5, 5.41) is 10.3. The van der Waals surface area contributed by atoms with Gasteiger partial charge in [0.25, 0.3) is 0 Å². The van der Waals surface area contributed by atoms with E-state index >= 15 is 0 Å². The first-order valence-corrected chi connectivity index (χ1v) is 8.12. The summed E-state index contributed by atoms with van der Waals surface area (Å²) in [6, 6.07) is 15.8. The standard InChI is InChI=1S/C19H15N3O3/c23-16-9-13(12-6-7-14-15(8-12)25-10-24-14)17-18(21-22-19(17)20-16)11-4-2-1-3-5-11/h1-8,13H,9-10H2,(H2,20,21,22,23)/t13-/m0/s1. The number of carbonyl (C=O) groups is 1. The second-order valence-electron chi connectivity index (χ2n) is 6.14. The molecule has 124 valence electrons. The molecule has 1 amide bonds. The highest BCUT2D eigenvalue weighted by Gasteiger charge is 2.32. The van der Waals surface area contributed by atoms with Gasteiger partial charge < -0.3 is 14.8 Å². The quantitative estimate of drug-likeness (QED) is 0.754. The van der Waals surface area contributed by atoms with Crippen molar-refractivity contribution >= 4 is 11.7 Å². The normalized spacial score (nSPS) is 17.9. The summed E-state index contributed by atoms with van der Waals surface area (Å²) in [4.78, 5) is 12.2. The number of anilines is 1. The monoisotopic (exact) mass is 333 g/mol. The van der Waals surface area contributed by atoms with Gasteiger partial charge in [0.1, 0.15) is 0 Å². The largest absolute Gasteiger partial charge is 0.454 e. The molecule has 6 nitrogen and oxygen atoms in total. The van der Waals surface area contributed by atoms with Crippen molar-refractivity contribution in [3.8, 4) is 22.8 Å². The van der Waals surface area contributed by atoms with Crippen molar-refractivity contribution in [2.24, 2.45) is 0 Å². The van der Waals surface area contributed by atoms with E-state index in [1.54, 1.807) is 0 Å². The van der Waals surface area contributed by atoms with Gasteiger partial charge in [0, 0.05) is 17.9 Å². The third-order valence-electron chi connectivity index (χ3n) is 4.66. The second-order valence-corrected chi connectivity index (χ2v) is 6.14. The molecule has 2 N–H and O–H groups in total. The molecule has 0 radical (unpaired) electrons. The van der Waals surface area contributed by atoms with Gasteiger partial charge in [-0.05, 0) is 23.3 Å². The lowest BCUT2D eigenvalue weighted by Crippen LogP contribution is -2.23. The minimum absolute atomic E-state index is 0.0405. The Balaban J connectivity index is 1.65. The molecule has 3 heterocycles. The van der Waals surface area contributed by atoms with E-state index in [1.165, 1.54) is 0 Å². The Morgan fingerprint density at radius 2 is 1.88 bits per heavy atom. The molecule has 3 aromatic rings. The number of nitrogens with one attached hydrogen (secondary N) is 2. The molecule has 1 atom stereocenters. The number of aromatic nitrogens is 2. The first-order valence-electron chi connectivity index (χ1n) is 8.12. The Morgan fingerprint density at radius 1 is 1.04 bits per heavy atom. The van der Waals surface area contributed by atoms with Crippen molar-refractivity contribution in [2.75, 3.05) is 12.1 Å². The van der Waals surface area contributed by atoms with Gasteiger partial charge in [-0.3, -0.25) is 9.89 Å². The Labute approximate surface area is 143 Å². The number of aromatic amines is 1. The van der Waals surface area contributed by atoms with E-state index in [0.717, 1.165) is 33.9 Å². The zero-order valence-electron chi connectivity index (χ0n) is 13.3. The van der Waals surface area contributed by atoms with Gasteiger partial charge in [0.05, 0.1) is 5.69 Å². The number of ether oxygens (including phenoxy) is 2. The molecule has 25 heavy (non-hydrogen) atoms. The molecule has 0 saturated carbocycles. The number of nitrogens with zero attached hydrogens (tertiary/aromatic N) is 1. The molecule has 2 aromatic carbocycles. The number of hydrogen-bond donors (Lipinski definition) is 2. The van der Waals surface area contributed by atoms with Gasteiger partial charge in [-0.25, -0.2) is 0 Å². The smallest absolute Gasteiger partial charge is 0.231 e. The Morgan fingerprint density at radius 3 is 2.76 bits per heavy atom. The maximum Gasteiger partial charge on any atom is 0.231 e. The van der Waals surface area contributed by atoms with Crippen molar-refractivity contribution in [1.29, 1.82) is 0 Å². The number of hydrogen-bond acceptors (Lipinski definition) is 4. The summed E-state index contributed by atoms with van der Waals surface area (Å²) in [6.07, 6.45) is 0.367. The summed E-state index contributed by atoms with van der Waals surface area (Å²) >= 11 is 0. The maximum atomic E-state index is 12.2. The Kier molecular flexibility index (Phi) is 3.03. The van der Waals surface area contributed by atoms with Crippen molar-refractivity contribution in [1.82, 2.24) is 10.2 Å². The zero-order chi connectivity index (χ0) is 16.8. The fourth-order valence-electron chi connectivity index (χ4n) is 3.50. The molecule has 6 heteroatoms. The topological polar surface area (TPSA) is 76.2 Å². The molecule has 0 unspecified atom stereocenters. The van der Waals surface area contributed by atoms with Crippen LogP contribution in [0.1, 0.15) is 23.5 Å². The minimum atomic E-state index is -0.0905. The lowest BCUT2D eigenvalue weighted by molar-refractivity contribution is -0.116. The third kappa shape index (κ3) is 2.26. The van der Waals surface area contributed by atoms with Crippen LogP contribution in [0.5, 0.6) is 11.5 Å². The lowest BCUT2D eigenvalue weighted by atomic mass is 9.84. The van der Waals surface area contributed by atoms with E-state index in [2.05, 4.69) is 15.5 Å². The first-order chi connectivity index (χ1) is 12.3. The van der Waals surface area contributed by atoms with E-state index in [-0.39, 0.29) is 18.6 Å². The van der Waals surface area contributed by atoms with E-state index in [4.69, 9.17) is 9.47 Å². The summed E-state index contributed by atoms with van der Waals surface area (Å²) in [5.74, 6) is 1.92. The van der Waals surface area contributed by atoms with Crippen LogP contribution < -0.4 is 14.8 Å². The van der Waals surface area contributed by atoms with Crippen LogP contribution in [-0.4, -0.2) is 22.9 Å². The van der Waals surface area contributed by atoms with Crippen LogP contribution in [0.25, 0.3) is 11.3 Å². The predicted molar refractivity (Wildman–Crippen MR) is 91.7 cm³/mol. The minimum Gasteiger partial charge on any atom is -0.454 e. The van der Waals surface area contributed by atoms with Gasteiger partial charge in [0.15, 0.2) is 17.3 Å². The average molecular weight is 333 g/mol. The van der Waals surface area contributed by atoms with Gasteiger partial charge in [0.2, 0.25) is 12.7 Å². The Hall–Kier alpha value is -3.28. The summed E-state index contributed by atoms with van der Waals surface area (Å²) < 4.78 is 10.9. The molecule has 2 aliphatic rings. The number of rotatable bonds is 2. The van der Waals surface area contributed by atoms with Crippen LogP contribution in [0.15, 0.2) is 48.5 Å². The maximum absolute atomic E-state index is 12.2. The van der Waals surface area contributed by atoms with Gasteiger partial charge in [-0.15, -0.1) is 0 Å². The van der Waals surface area contributed by atoms with Gasteiger partial charge in [-0.2, -0.15) is 5.10 Å². The van der Waals surface area contributed by atoms with Crippen LogP contribution in [0.4, 0.5) is 5.82 Å². The number of H-pyrrole nitrogens is 1. The molecule has 0 bridgehead atoms. The molecule has 1 aromatic heterocycles. The van der Waals surface area contributed by atoms with Crippen LogP contribution in [0, 0.1) is 0 Å². The SMILES string of the molecule is O=C1C[C@@H](c2ccc3c(c2)OCO3)c2c(n[nH]c2-c2ccccc2)N1. The number of fused-ring (bicyclic) bond motifs is 2. The number of carbonyl (C=O) groups excluding carboxylic acids is 1. The van der Waals surface area contributed by atoms with E-state index in [0.29, 0.717) is 12.2 Å². The number of amides is 1. The molecule has 0 spiro atoms. The molecular weight excluding hydrogens is 318 g/mol. The fourth-order valence-corrected chi connectivity index (χ4v) is 3.50. The van der Waals surface area contributed by atoms with Crippen molar-refractivity contribution in [3.05, 3.63) is 59.7 Å². The van der Waals surface area contributed by atoms with Crippen molar-refractivity contribution < 1.29 is 14.3 Å². The van der Waals surface area contributed by atoms with Crippen molar-refractivity contribution in [2.45, 2.75) is 12.3 Å². The molecular formula is C19H15N3O3. The molecule has 2 aliphatic heterocycles. The first kappa shape index (κ1) is 14.1.